The number of nitrogens with one attached hydrogen (secondary N) is 2. The number of thioether (sulfide) groups is 1. The predicted octanol–water partition coefficient (Wildman–Crippen LogP) is 1.82. The van der Waals surface area contributed by atoms with E-state index in [0.29, 0.717) is 40.5 Å². The lowest BCUT2D eigenvalue weighted by molar-refractivity contribution is -0.209. The fraction of sp³-hybridized carbons (Fsp3) is 0.481. The van der Waals surface area contributed by atoms with Crippen LogP contribution in [0.3, 0.4) is 0 Å². The minimum Gasteiger partial charge on any atom is -0.492 e. The van der Waals surface area contributed by atoms with E-state index in [-0.39, 0.29) is 11.3 Å². The van der Waals surface area contributed by atoms with Crippen LogP contribution in [0.4, 0.5) is 5.69 Å². The van der Waals surface area contributed by atoms with Crippen LogP contribution in [-0.4, -0.2) is 72.3 Å². The van der Waals surface area contributed by atoms with Gasteiger partial charge in [-0.1, -0.05) is 6.07 Å². The molecule has 4 rings (SSSR count). The Kier molecular flexibility index (Phi) is 8.53. The molecule has 0 aromatic heterocycles. The third-order valence-corrected chi connectivity index (χ3v) is 7.84. The van der Waals surface area contributed by atoms with Crippen molar-refractivity contribution in [1.29, 1.82) is 0 Å². The topological polar surface area (TPSA) is 147 Å². The van der Waals surface area contributed by atoms with Crippen LogP contribution in [-0.2, 0) is 16.0 Å². The second-order valence-corrected chi connectivity index (χ2v) is 10.3. The highest BCUT2D eigenvalue weighted by Gasteiger charge is 2.42. The number of amides is 1. The molecule has 1 aliphatic carbocycles. The summed E-state index contributed by atoms with van der Waals surface area (Å²) in [5.41, 5.74) is 3.33. The van der Waals surface area contributed by atoms with Crippen molar-refractivity contribution in [2.24, 2.45) is 0 Å². The number of fused-ring (bicyclic) bond motifs is 3. The minimum absolute atomic E-state index is 0.139. The molecule has 1 fully saturated rings. The lowest BCUT2D eigenvalue weighted by atomic mass is 9.94. The van der Waals surface area contributed by atoms with Gasteiger partial charge in [0.15, 0.2) is 23.2 Å². The van der Waals surface area contributed by atoms with E-state index in [0.717, 1.165) is 16.7 Å². The first kappa shape index (κ1) is 28.2. The van der Waals surface area contributed by atoms with Crippen molar-refractivity contribution in [3.63, 3.8) is 0 Å². The molecule has 38 heavy (non-hydrogen) atoms. The van der Waals surface area contributed by atoms with E-state index in [4.69, 9.17) is 14.2 Å². The van der Waals surface area contributed by atoms with E-state index in [9.17, 15) is 24.9 Å². The summed E-state index contributed by atoms with van der Waals surface area (Å²) in [5, 5.41) is 37.0. The van der Waals surface area contributed by atoms with Crippen molar-refractivity contribution in [2.75, 3.05) is 25.8 Å². The van der Waals surface area contributed by atoms with Crippen molar-refractivity contribution in [2.45, 2.75) is 68.3 Å². The number of hydrogen-bond donors (Lipinski definition) is 5. The largest absolute Gasteiger partial charge is 0.492 e. The van der Waals surface area contributed by atoms with Gasteiger partial charge in [-0.05, 0) is 60.9 Å². The van der Waals surface area contributed by atoms with Crippen molar-refractivity contribution in [3.05, 3.63) is 45.6 Å². The molecule has 1 heterocycles. The summed E-state index contributed by atoms with van der Waals surface area (Å²) in [6.07, 6.45) is -2.90. The van der Waals surface area contributed by atoms with Gasteiger partial charge in [0.1, 0.15) is 18.3 Å². The molecule has 2 aliphatic rings. The van der Waals surface area contributed by atoms with Crippen LogP contribution >= 0.6 is 11.8 Å². The molecule has 11 heteroatoms. The highest BCUT2D eigenvalue weighted by atomic mass is 32.2. The maximum absolute atomic E-state index is 13.0. The highest BCUT2D eigenvalue weighted by Crippen LogP contribution is 2.49. The molecule has 6 atom stereocenters. The molecule has 206 valence electrons. The SMILES string of the molecule is COc1c(NC2O[C@@H](C)[C@@H](O)[C@@H](O)[C@@H]2O)cc2c(c1OC)-c1ccc(SC)c(=O)cc1[C@@H](NC(C)=O)CC2. The Bertz CT molecular complexity index is 1270. The number of aryl methyl sites for hydroxylation is 1. The van der Waals surface area contributed by atoms with Crippen molar-refractivity contribution in [3.8, 4) is 22.6 Å². The predicted molar refractivity (Wildman–Crippen MR) is 144 cm³/mol. The molecule has 2 aromatic rings. The van der Waals surface area contributed by atoms with Crippen molar-refractivity contribution < 1.29 is 34.3 Å². The zero-order chi connectivity index (χ0) is 27.7. The standard InChI is InChI=1S/C27H34N2O8S/c1-12-22(32)23(33)24(34)27(37-12)29-18-10-14-6-8-17(28-13(2)30)16-11-19(31)20(38-5)9-7-15(16)21(14)26(36-4)25(18)35-3/h7,9-12,17,22-24,27,29,32-34H,6,8H2,1-5H3,(H,28,30)/t12-,17-,22+,23+,24-,27?/m0/s1. The summed E-state index contributed by atoms with van der Waals surface area (Å²) >= 11 is 1.35. The number of aliphatic hydroxyl groups is 3. The molecular formula is C27H34N2O8S. The first-order valence-corrected chi connectivity index (χ1v) is 13.6. The molecule has 1 unspecified atom stereocenters. The molecule has 2 aromatic carbocycles. The lowest BCUT2D eigenvalue weighted by Gasteiger charge is -2.40. The van der Waals surface area contributed by atoms with E-state index in [1.54, 1.807) is 19.1 Å². The average Bonchev–Trinajstić information content (AvgIpc) is 3.13. The van der Waals surface area contributed by atoms with Crippen LogP contribution in [0.15, 0.2) is 34.0 Å². The third kappa shape index (κ3) is 5.21. The van der Waals surface area contributed by atoms with Crippen LogP contribution < -0.4 is 25.5 Å². The summed E-state index contributed by atoms with van der Waals surface area (Å²) in [5.74, 6) is 0.528. The van der Waals surface area contributed by atoms with E-state index >= 15 is 0 Å². The highest BCUT2D eigenvalue weighted by molar-refractivity contribution is 7.98. The van der Waals surface area contributed by atoms with Crippen LogP contribution in [0.25, 0.3) is 11.1 Å². The third-order valence-electron chi connectivity index (χ3n) is 7.06. The number of aliphatic hydroxyl groups excluding tert-OH is 3. The summed E-state index contributed by atoms with van der Waals surface area (Å²) in [4.78, 5) is 25.6. The van der Waals surface area contributed by atoms with E-state index in [2.05, 4.69) is 10.6 Å². The van der Waals surface area contributed by atoms with Gasteiger partial charge >= 0.3 is 0 Å². The van der Waals surface area contributed by atoms with Gasteiger partial charge < -0.3 is 40.2 Å². The van der Waals surface area contributed by atoms with Gasteiger partial charge in [0, 0.05) is 12.5 Å². The van der Waals surface area contributed by atoms with Crippen LogP contribution in [0.5, 0.6) is 11.5 Å². The first-order valence-electron chi connectivity index (χ1n) is 12.3. The van der Waals surface area contributed by atoms with E-state index in [1.807, 2.05) is 18.4 Å². The van der Waals surface area contributed by atoms with Gasteiger partial charge in [0.2, 0.25) is 5.91 Å². The number of carbonyl (C=O) groups is 1. The number of ether oxygens (including phenoxy) is 3. The number of anilines is 1. The number of hydrogen-bond acceptors (Lipinski definition) is 10. The Balaban J connectivity index is 1.90. The summed E-state index contributed by atoms with van der Waals surface area (Å²) < 4.78 is 17.4. The smallest absolute Gasteiger partial charge is 0.217 e. The number of benzene rings is 1. The molecule has 0 saturated carbocycles. The van der Waals surface area contributed by atoms with Gasteiger partial charge in [0.25, 0.3) is 0 Å². The minimum atomic E-state index is -1.40. The van der Waals surface area contributed by atoms with Crippen LogP contribution in [0.1, 0.15) is 37.4 Å². The van der Waals surface area contributed by atoms with Crippen molar-refractivity contribution in [1.82, 2.24) is 5.32 Å². The second-order valence-electron chi connectivity index (χ2n) is 9.47. The summed E-state index contributed by atoms with van der Waals surface area (Å²) in [6.45, 7) is 3.05. The van der Waals surface area contributed by atoms with Gasteiger partial charge in [-0.3, -0.25) is 9.59 Å². The van der Waals surface area contributed by atoms with Crippen molar-refractivity contribution >= 4 is 23.4 Å². The van der Waals surface area contributed by atoms with E-state index < -0.39 is 36.7 Å². The lowest BCUT2D eigenvalue weighted by Crippen LogP contribution is -2.58. The Morgan fingerprint density at radius 1 is 1.08 bits per heavy atom. The Morgan fingerprint density at radius 2 is 1.79 bits per heavy atom. The Labute approximate surface area is 225 Å². The van der Waals surface area contributed by atoms with Gasteiger partial charge in [-0.25, -0.2) is 0 Å². The molecule has 10 nitrogen and oxygen atoms in total. The Hall–Kier alpha value is -2.83. The number of carbonyl (C=O) groups excluding carboxylic acids is 1. The fourth-order valence-corrected chi connectivity index (χ4v) is 5.64. The molecule has 1 amide bonds. The van der Waals surface area contributed by atoms with Gasteiger partial charge in [-0.2, -0.15) is 0 Å². The zero-order valence-electron chi connectivity index (χ0n) is 22.0. The second kappa shape index (κ2) is 11.5. The summed E-state index contributed by atoms with van der Waals surface area (Å²) in [6, 6.07) is 6.66. The monoisotopic (exact) mass is 546 g/mol. The molecule has 0 spiro atoms. The van der Waals surface area contributed by atoms with E-state index in [1.165, 1.54) is 32.9 Å². The first-order chi connectivity index (χ1) is 18.1. The maximum atomic E-state index is 13.0. The molecule has 1 saturated heterocycles. The van der Waals surface area contributed by atoms with Crippen LogP contribution in [0.2, 0.25) is 0 Å². The number of rotatable bonds is 6. The molecule has 0 radical (unpaired) electrons. The Morgan fingerprint density at radius 3 is 2.42 bits per heavy atom. The molecule has 0 bridgehead atoms. The van der Waals surface area contributed by atoms with Gasteiger partial charge in [-0.15, -0.1) is 11.8 Å². The number of methoxy groups -OCH3 is 2. The molecular weight excluding hydrogens is 512 g/mol. The summed E-state index contributed by atoms with van der Waals surface area (Å²) in [7, 11) is 3.00. The average molecular weight is 547 g/mol. The molecule has 1 aliphatic heterocycles. The normalized spacial score (nSPS) is 26.4. The quantitative estimate of drug-likeness (QED) is 0.340. The molecule has 5 N–H and O–H groups in total. The fourth-order valence-electron chi connectivity index (χ4n) is 5.18. The zero-order valence-corrected chi connectivity index (χ0v) is 22.8. The van der Waals surface area contributed by atoms with Crippen LogP contribution in [0, 0.1) is 0 Å². The maximum Gasteiger partial charge on any atom is 0.217 e. The van der Waals surface area contributed by atoms with Gasteiger partial charge in [0.05, 0.1) is 36.9 Å².